The molecule has 1 heterocycles. The van der Waals surface area contributed by atoms with Crippen LogP contribution in [0.5, 0.6) is 5.75 Å². The van der Waals surface area contributed by atoms with Crippen molar-refractivity contribution in [3.05, 3.63) is 102 Å². The van der Waals surface area contributed by atoms with Gasteiger partial charge in [0.25, 0.3) is 0 Å². The SMILES string of the molecule is Nc1cc(Cc2cccc(OCCc3ccccc3)c2)nc2ccccc12. The minimum atomic E-state index is 0.661. The Kier molecular flexibility index (Phi) is 5.01. The van der Waals surface area contributed by atoms with Crippen molar-refractivity contribution in [3.63, 3.8) is 0 Å². The highest BCUT2D eigenvalue weighted by Crippen LogP contribution is 2.22. The lowest BCUT2D eigenvalue weighted by atomic mass is 10.1. The van der Waals surface area contributed by atoms with Gasteiger partial charge in [0.15, 0.2) is 0 Å². The molecule has 0 fully saturated rings. The van der Waals surface area contributed by atoms with Crippen LogP contribution in [0.4, 0.5) is 5.69 Å². The van der Waals surface area contributed by atoms with Crippen molar-refractivity contribution in [2.24, 2.45) is 0 Å². The predicted molar refractivity (Wildman–Crippen MR) is 111 cm³/mol. The summed E-state index contributed by atoms with van der Waals surface area (Å²) in [4.78, 5) is 4.74. The first kappa shape index (κ1) is 17.1. The van der Waals surface area contributed by atoms with Crippen LogP contribution in [-0.4, -0.2) is 11.6 Å². The molecular weight excluding hydrogens is 332 g/mol. The van der Waals surface area contributed by atoms with Crippen LogP contribution < -0.4 is 10.5 Å². The van der Waals surface area contributed by atoms with Crippen molar-refractivity contribution < 1.29 is 4.74 Å². The Morgan fingerprint density at radius 1 is 0.778 bits per heavy atom. The molecule has 0 atom stereocenters. The van der Waals surface area contributed by atoms with E-state index < -0.39 is 0 Å². The summed E-state index contributed by atoms with van der Waals surface area (Å²) < 4.78 is 5.94. The van der Waals surface area contributed by atoms with Crippen LogP contribution in [0.15, 0.2) is 84.9 Å². The molecule has 0 saturated carbocycles. The van der Waals surface area contributed by atoms with E-state index >= 15 is 0 Å². The van der Waals surface area contributed by atoms with Gasteiger partial charge in [0.05, 0.1) is 12.1 Å². The van der Waals surface area contributed by atoms with E-state index in [9.17, 15) is 0 Å². The van der Waals surface area contributed by atoms with Crippen molar-refractivity contribution >= 4 is 16.6 Å². The lowest BCUT2D eigenvalue weighted by Crippen LogP contribution is -2.02. The number of nitrogens with zero attached hydrogens (tertiary/aromatic N) is 1. The van der Waals surface area contributed by atoms with E-state index in [-0.39, 0.29) is 0 Å². The number of pyridine rings is 1. The molecule has 0 bridgehead atoms. The number of rotatable bonds is 6. The fourth-order valence-corrected chi connectivity index (χ4v) is 3.24. The van der Waals surface area contributed by atoms with Crippen molar-refractivity contribution in [2.75, 3.05) is 12.3 Å². The second-order valence-corrected chi connectivity index (χ2v) is 6.63. The Labute approximate surface area is 159 Å². The fraction of sp³-hybridized carbons (Fsp3) is 0.125. The van der Waals surface area contributed by atoms with Gasteiger partial charge in [-0.05, 0) is 35.4 Å². The summed E-state index contributed by atoms with van der Waals surface area (Å²) in [7, 11) is 0. The molecule has 3 aromatic carbocycles. The maximum atomic E-state index is 6.20. The van der Waals surface area contributed by atoms with Crippen molar-refractivity contribution in [1.82, 2.24) is 4.98 Å². The standard InChI is InChI=1S/C24H22N2O/c25-23-17-20(26-24-12-5-4-11-22(23)24)15-19-9-6-10-21(16-19)27-14-13-18-7-2-1-3-8-18/h1-12,16-17H,13-15H2,(H2,25,26). The first-order valence-electron chi connectivity index (χ1n) is 9.18. The molecule has 134 valence electrons. The van der Waals surface area contributed by atoms with Crippen LogP contribution in [0.25, 0.3) is 10.9 Å². The van der Waals surface area contributed by atoms with Gasteiger partial charge in [-0.15, -0.1) is 0 Å². The van der Waals surface area contributed by atoms with Gasteiger partial charge in [0.2, 0.25) is 0 Å². The van der Waals surface area contributed by atoms with Gasteiger partial charge in [-0.3, -0.25) is 4.98 Å². The molecule has 4 rings (SSSR count). The zero-order valence-electron chi connectivity index (χ0n) is 15.1. The third kappa shape index (κ3) is 4.26. The van der Waals surface area contributed by atoms with E-state index in [0.717, 1.165) is 46.4 Å². The largest absolute Gasteiger partial charge is 0.493 e. The van der Waals surface area contributed by atoms with Crippen LogP contribution >= 0.6 is 0 Å². The molecule has 0 aliphatic carbocycles. The first-order valence-corrected chi connectivity index (χ1v) is 9.18. The number of anilines is 1. The van der Waals surface area contributed by atoms with E-state index in [1.807, 2.05) is 48.5 Å². The summed E-state index contributed by atoms with van der Waals surface area (Å²) >= 11 is 0. The van der Waals surface area contributed by atoms with Gasteiger partial charge < -0.3 is 10.5 Å². The number of ether oxygens (including phenoxy) is 1. The van der Waals surface area contributed by atoms with E-state index in [1.54, 1.807) is 0 Å². The summed E-state index contributed by atoms with van der Waals surface area (Å²) in [5.41, 5.74) is 11.3. The van der Waals surface area contributed by atoms with Crippen LogP contribution in [0.2, 0.25) is 0 Å². The number of nitrogen functional groups attached to an aromatic ring is 1. The van der Waals surface area contributed by atoms with Crippen LogP contribution in [-0.2, 0) is 12.8 Å². The van der Waals surface area contributed by atoms with Crippen molar-refractivity contribution in [1.29, 1.82) is 0 Å². The monoisotopic (exact) mass is 354 g/mol. The molecular formula is C24H22N2O. The number of hydrogen-bond acceptors (Lipinski definition) is 3. The van der Waals surface area contributed by atoms with Crippen LogP contribution in [0.3, 0.4) is 0 Å². The maximum Gasteiger partial charge on any atom is 0.119 e. The molecule has 1 aromatic heterocycles. The van der Waals surface area contributed by atoms with Gasteiger partial charge in [-0.1, -0.05) is 60.7 Å². The highest BCUT2D eigenvalue weighted by Gasteiger charge is 2.05. The smallest absolute Gasteiger partial charge is 0.119 e. The number of aromatic nitrogens is 1. The van der Waals surface area contributed by atoms with Gasteiger partial charge in [-0.25, -0.2) is 0 Å². The average Bonchev–Trinajstić information content (AvgIpc) is 2.69. The number of benzene rings is 3. The molecule has 4 aromatic rings. The molecule has 0 saturated heterocycles. The van der Waals surface area contributed by atoms with E-state index in [2.05, 4.69) is 36.4 Å². The quantitative estimate of drug-likeness (QED) is 0.528. The van der Waals surface area contributed by atoms with E-state index in [0.29, 0.717) is 6.61 Å². The van der Waals surface area contributed by atoms with Gasteiger partial charge in [0, 0.05) is 29.6 Å². The highest BCUT2D eigenvalue weighted by atomic mass is 16.5. The molecule has 3 heteroatoms. The molecule has 0 aliphatic rings. The third-order valence-electron chi connectivity index (χ3n) is 4.59. The van der Waals surface area contributed by atoms with Gasteiger partial charge >= 0.3 is 0 Å². The average molecular weight is 354 g/mol. The zero-order chi connectivity index (χ0) is 18.5. The van der Waals surface area contributed by atoms with Gasteiger partial charge in [0.1, 0.15) is 5.75 Å². The molecule has 2 N–H and O–H groups in total. The molecule has 0 aliphatic heterocycles. The predicted octanol–water partition coefficient (Wildman–Crippen LogP) is 5.03. The van der Waals surface area contributed by atoms with Crippen molar-refractivity contribution in [2.45, 2.75) is 12.8 Å². The minimum absolute atomic E-state index is 0.661. The van der Waals surface area contributed by atoms with Crippen LogP contribution in [0.1, 0.15) is 16.8 Å². The lowest BCUT2D eigenvalue weighted by molar-refractivity contribution is 0.321. The maximum absolute atomic E-state index is 6.20. The highest BCUT2D eigenvalue weighted by molar-refractivity contribution is 5.90. The van der Waals surface area contributed by atoms with Crippen LogP contribution in [0, 0.1) is 0 Å². The normalized spacial score (nSPS) is 10.8. The lowest BCUT2D eigenvalue weighted by Gasteiger charge is -2.09. The Bertz CT molecular complexity index is 1040. The molecule has 3 nitrogen and oxygen atoms in total. The topological polar surface area (TPSA) is 48.1 Å². The van der Waals surface area contributed by atoms with Crippen molar-refractivity contribution in [3.8, 4) is 5.75 Å². The van der Waals surface area contributed by atoms with E-state index in [1.165, 1.54) is 5.56 Å². The Morgan fingerprint density at radius 2 is 1.56 bits per heavy atom. The molecule has 27 heavy (non-hydrogen) atoms. The second kappa shape index (κ2) is 7.92. The molecule has 0 radical (unpaired) electrons. The second-order valence-electron chi connectivity index (χ2n) is 6.63. The number of nitrogens with two attached hydrogens (primary N) is 1. The summed E-state index contributed by atoms with van der Waals surface area (Å²) in [6.07, 6.45) is 1.62. The zero-order valence-corrected chi connectivity index (χ0v) is 15.1. The molecule has 0 spiro atoms. The Hall–Kier alpha value is -3.33. The van der Waals surface area contributed by atoms with Gasteiger partial charge in [-0.2, -0.15) is 0 Å². The summed E-state index contributed by atoms with van der Waals surface area (Å²) in [5.74, 6) is 0.886. The third-order valence-corrected chi connectivity index (χ3v) is 4.59. The number of hydrogen-bond donors (Lipinski definition) is 1. The Morgan fingerprint density at radius 3 is 2.44 bits per heavy atom. The van der Waals surface area contributed by atoms with E-state index in [4.69, 9.17) is 15.5 Å². The summed E-state index contributed by atoms with van der Waals surface area (Å²) in [6, 6.07) is 28.5. The summed E-state index contributed by atoms with van der Waals surface area (Å²) in [5, 5.41) is 0.999. The molecule has 0 amide bonds. The minimum Gasteiger partial charge on any atom is -0.493 e. The molecule has 0 unspecified atom stereocenters. The first-order chi connectivity index (χ1) is 13.3. The summed E-state index contributed by atoms with van der Waals surface area (Å²) in [6.45, 7) is 0.661. The number of para-hydroxylation sites is 1. The fourth-order valence-electron chi connectivity index (χ4n) is 3.24. The number of fused-ring (bicyclic) bond motifs is 1. The Balaban J connectivity index is 1.45.